The van der Waals surface area contributed by atoms with E-state index in [9.17, 15) is 4.39 Å². The van der Waals surface area contributed by atoms with Crippen LogP contribution < -0.4 is 5.32 Å². The Morgan fingerprint density at radius 3 is 3.00 bits per heavy atom. The number of thiazole rings is 1. The average Bonchev–Trinajstić information content (AvgIpc) is 2.87. The second kappa shape index (κ2) is 6.41. The minimum Gasteiger partial charge on any atom is -0.312 e. The van der Waals surface area contributed by atoms with Crippen molar-refractivity contribution in [2.24, 2.45) is 0 Å². The number of benzene rings is 1. The highest BCUT2D eigenvalue weighted by Gasteiger charge is 2.07. The van der Waals surface area contributed by atoms with Crippen LogP contribution in [0.1, 0.15) is 23.4 Å². The Labute approximate surface area is 118 Å². The molecular weight excluding hydrogens is 315 g/mol. The molecule has 1 heterocycles. The van der Waals surface area contributed by atoms with Gasteiger partial charge in [0.25, 0.3) is 0 Å². The van der Waals surface area contributed by atoms with Crippen LogP contribution in [0.2, 0.25) is 0 Å². The molecule has 1 atom stereocenters. The molecule has 0 aliphatic carbocycles. The highest BCUT2D eigenvalue weighted by molar-refractivity contribution is 9.10. The molecule has 0 saturated heterocycles. The topological polar surface area (TPSA) is 24.9 Å². The third kappa shape index (κ3) is 3.60. The van der Waals surface area contributed by atoms with Gasteiger partial charge in [-0.15, -0.1) is 11.3 Å². The number of nitrogens with zero attached hydrogens (tertiary/aromatic N) is 1. The zero-order valence-corrected chi connectivity index (χ0v) is 12.4. The van der Waals surface area contributed by atoms with Crippen LogP contribution in [-0.4, -0.2) is 11.5 Å². The monoisotopic (exact) mass is 328 g/mol. The first kappa shape index (κ1) is 13.6. The Kier molecular flexibility index (Phi) is 4.86. The molecule has 96 valence electrons. The number of rotatable bonds is 5. The number of aromatic nitrogens is 1. The number of hydrogen-bond acceptors (Lipinski definition) is 3. The van der Waals surface area contributed by atoms with Crippen LogP contribution in [0.25, 0.3) is 0 Å². The van der Waals surface area contributed by atoms with E-state index in [-0.39, 0.29) is 5.82 Å². The minimum atomic E-state index is -0.227. The second-order valence-electron chi connectivity index (χ2n) is 4.15. The molecule has 2 rings (SSSR count). The van der Waals surface area contributed by atoms with Gasteiger partial charge in [-0.1, -0.05) is 13.0 Å². The molecular formula is C13H14BrFN2S. The van der Waals surface area contributed by atoms with Gasteiger partial charge in [-0.05, 0) is 33.6 Å². The van der Waals surface area contributed by atoms with Crippen LogP contribution in [0.5, 0.6) is 0 Å². The molecule has 0 aliphatic heterocycles. The smallest absolute Gasteiger partial charge is 0.137 e. The first-order chi connectivity index (χ1) is 8.66. The lowest BCUT2D eigenvalue weighted by atomic mass is 10.2. The van der Waals surface area contributed by atoms with Gasteiger partial charge in [0.15, 0.2) is 0 Å². The Hall–Kier alpha value is -0.780. The summed E-state index contributed by atoms with van der Waals surface area (Å²) < 4.78 is 13.6. The molecule has 2 nitrogen and oxygen atoms in total. The van der Waals surface area contributed by atoms with Gasteiger partial charge in [0, 0.05) is 30.6 Å². The Morgan fingerprint density at radius 1 is 1.50 bits per heavy atom. The van der Waals surface area contributed by atoms with Crippen molar-refractivity contribution < 1.29 is 4.39 Å². The summed E-state index contributed by atoms with van der Waals surface area (Å²) in [5.41, 5.74) is 1.06. The van der Waals surface area contributed by atoms with Crippen molar-refractivity contribution in [3.63, 3.8) is 0 Å². The van der Waals surface area contributed by atoms with E-state index in [4.69, 9.17) is 0 Å². The molecule has 0 fully saturated rings. The second-order valence-corrected chi connectivity index (χ2v) is 5.93. The number of nitrogens with one attached hydrogen (secondary N) is 1. The Bertz CT molecular complexity index is 502. The van der Waals surface area contributed by atoms with Gasteiger partial charge in [-0.25, -0.2) is 9.37 Å². The summed E-state index contributed by atoms with van der Waals surface area (Å²) in [6.07, 6.45) is 1.83. The molecule has 1 aromatic carbocycles. The molecule has 0 amide bonds. The van der Waals surface area contributed by atoms with Crippen molar-refractivity contribution in [3.8, 4) is 0 Å². The lowest BCUT2D eigenvalue weighted by molar-refractivity contribution is 0.605. The average molecular weight is 329 g/mol. The van der Waals surface area contributed by atoms with E-state index in [1.807, 2.05) is 11.6 Å². The van der Waals surface area contributed by atoms with Crippen molar-refractivity contribution in [2.75, 3.05) is 6.54 Å². The molecule has 2 aromatic rings. The fourth-order valence-electron chi connectivity index (χ4n) is 1.65. The van der Waals surface area contributed by atoms with Crippen molar-refractivity contribution >= 4 is 27.3 Å². The van der Waals surface area contributed by atoms with Crippen molar-refractivity contribution in [1.82, 2.24) is 10.3 Å². The SMILES string of the molecule is CC(CNCc1ccc(F)c(Br)c1)c1nccs1. The highest BCUT2D eigenvalue weighted by atomic mass is 79.9. The molecule has 18 heavy (non-hydrogen) atoms. The maximum atomic E-state index is 13.1. The van der Waals surface area contributed by atoms with Gasteiger partial charge in [0.2, 0.25) is 0 Å². The predicted molar refractivity (Wildman–Crippen MR) is 76.3 cm³/mol. The first-order valence-corrected chi connectivity index (χ1v) is 7.38. The lowest BCUT2D eigenvalue weighted by Gasteiger charge is -2.10. The fraction of sp³-hybridized carbons (Fsp3) is 0.308. The summed E-state index contributed by atoms with van der Waals surface area (Å²) >= 11 is 4.86. The molecule has 0 aliphatic rings. The van der Waals surface area contributed by atoms with E-state index >= 15 is 0 Å². The Balaban J connectivity index is 1.83. The third-order valence-electron chi connectivity index (χ3n) is 2.64. The maximum Gasteiger partial charge on any atom is 0.137 e. The minimum absolute atomic E-state index is 0.227. The fourth-order valence-corrected chi connectivity index (χ4v) is 2.77. The van der Waals surface area contributed by atoms with Gasteiger partial charge in [0.05, 0.1) is 9.48 Å². The van der Waals surface area contributed by atoms with Crippen molar-refractivity contribution in [1.29, 1.82) is 0 Å². The summed E-state index contributed by atoms with van der Waals surface area (Å²) in [4.78, 5) is 4.29. The quantitative estimate of drug-likeness (QED) is 0.899. The normalized spacial score (nSPS) is 12.6. The van der Waals surface area contributed by atoms with Gasteiger partial charge < -0.3 is 5.32 Å². The summed E-state index contributed by atoms with van der Waals surface area (Å²) in [6.45, 7) is 3.74. The standard InChI is InChI=1S/C13H14BrFN2S/c1-9(13-17-4-5-18-13)7-16-8-10-2-3-12(15)11(14)6-10/h2-6,9,16H,7-8H2,1H3. The predicted octanol–water partition coefficient (Wildman–Crippen LogP) is 3.94. The van der Waals surface area contributed by atoms with Crippen LogP contribution in [0.3, 0.4) is 0 Å². The summed E-state index contributed by atoms with van der Waals surface area (Å²) in [7, 11) is 0. The van der Waals surface area contributed by atoms with Crippen molar-refractivity contribution in [2.45, 2.75) is 19.4 Å². The van der Waals surface area contributed by atoms with Crippen LogP contribution in [-0.2, 0) is 6.54 Å². The van der Waals surface area contributed by atoms with E-state index in [1.54, 1.807) is 23.5 Å². The van der Waals surface area contributed by atoms with Gasteiger partial charge in [-0.3, -0.25) is 0 Å². The van der Waals surface area contributed by atoms with E-state index in [2.05, 4.69) is 33.2 Å². The first-order valence-electron chi connectivity index (χ1n) is 5.71. The summed E-state index contributed by atoms with van der Waals surface area (Å²) in [5.74, 6) is 0.170. The molecule has 0 saturated carbocycles. The van der Waals surface area contributed by atoms with E-state index < -0.39 is 0 Å². The van der Waals surface area contributed by atoms with Crippen LogP contribution in [0.4, 0.5) is 4.39 Å². The molecule has 5 heteroatoms. The Morgan fingerprint density at radius 2 is 2.33 bits per heavy atom. The zero-order valence-electron chi connectivity index (χ0n) is 9.99. The van der Waals surface area contributed by atoms with Crippen LogP contribution in [0, 0.1) is 5.82 Å². The van der Waals surface area contributed by atoms with Crippen LogP contribution >= 0.6 is 27.3 Å². The maximum absolute atomic E-state index is 13.1. The number of hydrogen-bond donors (Lipinski definition) is 1. The van der Waals surface area contributed by atoms with E-state index in [0.717, 1.165) is 23.7 Å². The molecule has 1 aromatic heterocycles. The van der Waals surface area contributed by atoms with Gasteiger partial charge in [0.1, 0.15) is 5.82 Å². The molecule has 0 bridgehead atoms. The van der Waals surface area contributed by atoms with Crippen LogP contribution in [0.15, 0.2) is 34.2 Å². The molecule has 0 radical (unpaired) electrons. The number of halogens is 2. The lowest BCUT2D eigenvalue weighted by Crippen LogP contribution is -2.19. The molecule has 0 spiro atoms. The summed E-state index contributed by atoms with van der Waals surface area (Å²) in [5, 5.41) is 6.49. The van der Waals surface area contributed by atoms with E-state index in [1.165, 1.54) is 6.07 Å². The largest absolute Gasteiger partial charge is 0.312 e. The third-order valence-corrected chi connectivity index (χ3v) is 4.25. The summed E-state index contributed by atoms with van der Waals surface area (Å²) in [6, 6.07) is 5.07. The van der Waals surface area contributed by atoms with E-state index in [0.29, 0.717) is 10.4 Å². The molecule has 1 unspecified atom stereocenters. The van der Waals surface area contributed by atoms with Crippen molar-refractivity contribution in [3.05, 3.63) is 50.6 Å². The van der Waals surface area contributed by atoms with Gasteiger partial charge in [-0.2, -0.15) is 0 Å². The van der Waals surface area contributed by atoms with Gasteiger partial charge >= 0.3 is 0 Å². The molecule has 1 N–H and O–H groups in total. The highest BCUT2D eigenvalue weighted by Crippen LogP contribution is 2.18. The zero-order chi connectivity index (χ0) is 13.0.